The Hall–Kier alpha value is -1.39. The Morgan fingerprint density at radius 1 is 1.53 bits per heavy atom. The monoisotopic (exact) mass is 248 g/mol. The van der Waals surface area contributed by atoms with Crippen LogP contribution in [0.15, 0.2) is 36.0 Å². The van der Waals surface area contributed by atoms with Crippen LogP contribution in [0.5, 0.6) is 5.75 Å². The summed E-state index contributed by atoms with van der Waals surface area (Å²) >= 11 is 1.72. The van der Waals surface area contributed by atoms with Crippen LogP contribution >= 0.6 is 11.3 Å². The minimum Gasteiger partial charge on any atom is -0.496 e. The summed E-state index contributed by atoms with van der Waals surface area (Å²) in [6.07, 6.45) is 4.65. The van der Waals surface area contributed by atoms with Crippen LogP contribution in [0, 0.1) is 0 Å². The van der Waals surface area contributed by atoms with E-state index in [0.717, 1.165) is 12.2 Å². The second kappa shape index (κ2) is 5.80. The van der Waals surface area contributed by atoms with Crippen molar-refractivity contribution in [1.82, 2.24) is 10.3 Å². The molecule has 0 saturated heterocycles. The first-order valence-electron chi connectivity index (χ1n) is 5.52. The van der Waals surface area contributed by atoms with Crippen LogP contribution in [0.25, 0.3) is 0 Å². The lowest BCUT2D eigenvalue weighted by Crippen LogP contribution is -2.17. The van der Waals surface area contributed by atoms with E-state index in [1.807, 2.05) is 24.7 Å². The van der Waals surface area contributed by atoms with Crippen molar-refractivity contribution in [2.45, 2.75) is 12.5 Å². The zero-order chi connectivity index (χ0) is 12.1. The first-order chi connectivity index (χ1) is 8.33. The van der Waals surface area contributed by atoms with Gasteiger partial charge >= 0.3 is 0 Å². The van der Waals surface area contributed by atoms with Crippen molar-refractivity contribution in [2.24, 2.45) is 0 Å². The van der Waals surface area contributed by atoms with Gasteiger partial charge in [0.1, 0.15) is 5.75 Å². The van der Waals surface area contributed by atoms with Gasteiger partial charge in [0, 0.05) is 28.7 Å². The molecule has 1 unspecified atom stereocenters. The maximum absolute atomic E-state index is 5.21. The molecule has 0 saturated carbocycles. The van der Waals surface area contributed by atoms with Crippen molar-refractivity contribution < 1.29 is 4.74 Å². The summed E-state index contributed by atoms with van der Waals surface area (Å²) < 4.78 is 5.21. The zero-order valence-corrected chi connectivity index (χ0v) is 10.8. The van der Waals surface area contributed by atoms with E-state index in [-0.39, 0.29) is 0 Å². The van der Waals surface area contributed by atoms with E-state index in [1.165, 1.54) is 10.4 Å². The van der Waals surface area contributed by atoms with Gasteiger partial charge in [0.25, 0.3) is 0 Å². The molecule has 3 nitrogen and oxygen atoms in total. The van der Waals surface area contributed by atoms with Crippen molar-refractivity contribution in [1.29, 1.82) is 0 Å². The highest BCUT2D eigenvalue weighted by Crippen LogP contribution is 2.28. The first-order valence-corrected chi connectivity index (χ1v) is 6.40. The number of nitrogens with one attached hydrogen (secondary N) is 1. The van der Waals surface area contributed by atoms with Gasteiger partial charge in [-0.05, 0) is 31.2 Å². The lowest BCUT2D eigenvalue weighted by atomic mass is 10.1. The molecule has 2 heterocycles. The Kier molecular flexibility index (Phi) is 4.12. The van der Waals surface area contributed by atoms with Crippen LogP contribution < -0.4 is 10.1 Å². The first kappa shape index (κ1) is 12.1. The Morgan fingerprint density at radius 2 is 2.41 bits per heavy atom. The van der Waals surface area contributed by atoms with Crippen molar-refractivity contribution in [3.8, 4) is 5.75 Å². The van der Waals surface area contributed by atoms with E-state index in [1.54, 1.807) is 24.6 Å². The minimum absolute atomic E-state index is 0.313. The largest absolute Gasteiger partial charge is 0.496 e. The van der Waals surface area contributed by atoms with Crippen LogP contribution in [0.3, 0.4) is 0 Å². The number of hydrogen-bond donors (Lipinski definition) is 1. The molecule has 0 amide bonds. The molecule has 0 radical (unpaired) electrons. The molecule has 4 heteroatoms. The van der Waals surface area contributed by atoms with Crippen molar-refractivity contribution in [3.63, 3.8) is 0 Å². The molecule has 90 valence electrons. The predicted molar refractivity (Wildman–Crippen MR) is 70.6 cm³/mol. The molecular weight excluding hydrogens is 232 g/mol. The summed E-state index contributed by atoms with van der Waals surface area (Å²) in [6.45, 7) is 0. The highest BCUT2D eigenvalue weighted by molar-refractivity contribution is 7.10. The summed E-state index contributed by atoms with van der Waals surface area (Å²) in [5.74, 6) is 0.927. The fourth-order valence-electron chi connectivity index (χ4n) is 1.72. The van der Waals surface area contributed by atoms with Crippen LogP contribution in [0.4, 0.5) is 0 Å². The lowest BCUT2D eigenvalue weighted by molar-refractivity contribution is 0.416. The van der Waals surface area contributed by atoms with Crippen LogP contribution in [-0.4, -0.2) is 19.1 Å². The van der Waals surface area contributed by atoms with E-state index < -0.39 is 0 Å². The molecule has 0 bridgehead atoms. The smallest absolute Gasteiger partial charge is 0.129 e. The van der Waals surface area contributed by atoms with Crippen LogP contribution in [-0.2, 0) is 6.42 Å². The average molecular weight is 248 g/mol. The molecule has 2 rings (SSSR count). The van der Waals surface area contributed by atoms with Gasteiger partial charge in [-0.1, -0.05) is 6.07 Å². The van der Waals surface area contributed by atoms with Crippen molar-refractivity contribution in [3.05, 3.63) is 46.4 Å². The highest BCUT2D eigenvalue weighted by Gasteiger charge is 2.12. The van der Waals surface area contributed by atoms with E-state index in [4.69, 9.17) is 4.74 Å². The molecular formula is C13H16N2OS. The van der Waals surface area contributed by atoms with Gasteiger partial charge in [-0.3, -0.25) is 4.98 Å². The molecule has 0 aromatic carbocycles. The number of methoxy groups -OCH3 is 1. The molecule has 0 spiro atoms. The maximum atomic E-state index is 5.21. The van der Waals surface area contributed by atoms with Gasteiger partial charge in [-0.15, -0.1) is 11.3 Å². The minimum atomic E-state index is 0.313. The number of aromatic nitrogens is 1. The molecule has 1 atom stereocenters. The van der Waals surface area contributed by atoms with E-state index in [0.29, 0.717) is 6.04 Å². The fraction of sp³-hybridized carbons (Fsp3) is 0.308. The average Bonchev–Trinajstić information content (AvgIpc) is 2.86. The third-order valence-corrected chi connectivity index (χ3v) is 3.71. The molecule has 0 aliphatic carbocycles. The number of nitrogens with zero attached hydrogens (tertiary/aromatic N) is 1. The van der Waals surface area contributed by atoms with E-state index >= 15 is 0 Å². The summed E-state index contributed by atoms with van der Waals surface area (Å²) in [4.78, 5) is 5.42. The second-order valence-electron chi connectivity index (χ2n) is 3.80. The number of pyridine rings is 1. The normalized spacial score (nSPS) is 12.4. The summed E-state index contributed by atoms with van der Waals surface area (Å²) in [6, 6.07) is 6.47. The molecule has 2 aromatic rings. The Balaban J connectivity index is 2.11. The van der Waals surface area contributed by atoms with E-state index in [9.17, 15) is 0 Å². The quantitative estimate of drug-likeness (QED) is 0.883. The predicted octanol–water partition coefficient (Wildman–Crippen LogP) is 2.65. The van der Waals surface area contributed by atoms with Gasteiger partial charge in [-0.2, -0.15) is 0 Å². The molecule has 1 N–H and O–H groups in total. The topological polar surface area (TPSA) is 34.2 Å². The Labute approximate surface area is 105 Å². The van der Waals surface area contributed by atoms with E-state index in [2.05, 4.69) is 22.4 Å². The standard InChI is InChI=1S/C13H16N2OS/c1-14-12(6-10-4-3-5-15-8-10)13-7-11(16-2)9-17-13/h3-5,7-9,12,14H,6H2,1-2H3. The third kappa shape index (κ3) is 3.05. The third-order valence-electron chi connectivity index (χ3n) is 2.69. The number of likely N-dealkylation sites (N-methyl/N-ethyl adjacent to an activating group) is 1. The molecule has 0 fully saturated rings. The van der Waals surface area contributed by atoms with Crippen molar-refractivity contribution in [2.75, 3.05) is 14.2 Å². The van der Waals surface area contributed by atoms with Gasteiger partial charge in [0.05, 0.1) is 7.11 Å². The Bertz CT molecular complexity index is 455. The fourth-order valence-corrected chi connectivity index (χ4v) is 2.69. The number of hydrogen-bond acceptors (Lipinski definition) is 4. The highest BCUT2D eigenvalue weighted by atomic mass is 32.1. The Morgan fingerprint density at radius 3 is 3.00 bits per heavy atom. The number of ether oxygens (including phenoxy) is 1. The molecule has 17 heavy (non-hydrogen) atoms. The lowest BCUT2D eigenvalue weighted by Gasteiger charge is -2.14. The summed E-state index contributed by atoms with van der Waals surface area (Å²) in [7, 11) is 3.68. The maximum Gasteiger partial charge on any atom is 0.129 e. The summed E-state index contributed by atoms with van der Waals surface area (Å²) in [5.41, 5.74) is 1.24. The zero-order valence-electron chi connectivity index (χ0n) is 10.0. The number of thiophene rings is 1. The van der Waals surface area contributed by atoms with Gasteiger partial charge in [-0.25, -0.2) is 0 Å². The molecule has 0 aliphatic rings. The second-order valence-corrected chi connectivity index (χ2v) is 4.74. The van der Waals surface area contributed by atoms with Crippen LogP contribution in [0.2, 0.25) is 0 Å². The molecule has 0 aliphatic heterocycles. The number of rotatable bonds is 5. The van der Waals surface area contributed by atoms with Crippen LogP contribution in [0.1, 0.15) is 16.5 Å². The van der Waals surface area contributed by atoms with Gasteiger partial charge in [0.2, 0.25) is 0 Å². The molecule has 2 aromatic heterocycles. The van der Waals surface area contributed by atoms with Gasteiger partial charge in [0.15, 0.2) is 0 Å². The summed E-state index contributed by atoms with van der Waals surface area (Å²) in [5, 5.41) is 5.36. The van der Waals surface area contributed by atoms with Gasteiger partial charge < -0.3 is 10.1 Å². The van der Waals surface area contributed by atoms with Crippen molar-refractivity contribution >= 4 is 11.3 Å². The SMILES string of the molecule is CNC(Cc1cccnc1)c1cc(OC)cs1.